The SMILES string of the molecule is CC1CN(c2ncnc3[nH]cc(C#N)c23)[C@@H]1c1nn2ccc(F)c2c(=O)n1-c1ccccc1. The van der Waals surface area contributed by atoms with Gasteiger partial charge >= 0.3 is 0 Å². The van der Waals surface area contributed by atoms with Crippen LogP contribution in [0, 0.1) is 23.1 Å². The Labute approximate surface area is 186 Å². The van der Waals surface area contributed by atoms with Crippen LogP contribution in [0.25, 0.3) is 22.2 Å². The van der Waals surface area contributed by atoms with E-state index in [1.165, 1.54) is 27.7 Å². The Morgan fingerprint density at radius 3 is 2.79 bits per heavy atom. The topological polar surface area (TPSA) is 108 Å². The lowest BCUT2D eigenvalue weighted by molar-refractivity contribution is 0.301. The molecule has 162 valence electrons. The number of anilines is 1. The number of fused-ring (bicyclic) bond motifs is 2. The Balaban J connectivity index is 1.60. The molecule has 10 heteroatoms. The normalized spacial score (nSPS) is 17.9. The lowest BCUT2D eigenvalue weighted by Crippen LogP contribution is -2.51. The molecule has 1 aromatic carbocycles. The lowest BCUT2D eigenvalue weighted by atomic mass is 9.89. The number of hydrogen-bond donors (Lipinski definition) is 1. The van der Waals surface area contributed by atoms with Gasteiger partial charge in [0.1, 0.15) is 23.9 Å². The minimum absolute atomic E-state index is 0.108. The van der Waals surface area contributed by atoms with Gasteiger partial charge in [0.25, 0.3) is 5.56 Å². The summed E-state index contributed by atoms with van der Waals surface area (Å²) in [4.78, 5) is 27.2. The Morgan fingerprint density at radius 1 is 1.21 bits per heavy atom. The van der Waals surface area contributed by atoms with E-state index in [-0.39, 0.29) is 17.5 Å². The number of aromatic amines is 1. The van der Waals surface area contributed by atoms with Crippen molar-refractivity contribution >= 4 is 22.4 Å². The predicted octanol–water partition coefficient (Wildman–Crippen LogP) is 2.96. The first-order valence-corrected chi connectivity index (χ1v) is 10.4. The van der Waals surface area contributed by atoms with Crippen LogP contribution in [0.3, 0.4) is 0 Å². The third-order valence-corrected chi connectivity index (χ3v) is 6.14. The fourth-order valence-corrected chi connectivity index (χ4v) is 4.62. The second-order valence-corrected chi connectivity index (χ2v) is 8.10. The molecule has 0 radical (unpaired) electrons. The Kier molecular flexibility index (Phi) is 4.07. The van der Waals surface area contributed by atoms with E-state index in [1.807, 2.05) is 23.1 Å². The number of rotatable bonds is 3. The smallest absolute Gasteiger partial charge is 0.285 e. The highest BCUT2D eigenvalue weighted by Gasteiger charge is 2.42. The first-order valence-electron chi connectivity index (χ1n) is 10.4. The molecule has 1 aliphatic rings. The van der Waals surface area contributed by atoms with Crippen LogP contribution in [0.1, 0.15) is 24.4 Å². The van der Waals surface area contributed by atoms with Crippen LogP contribution >= 0.6 is 0 Å². The van der Waals surface area contributed by atoms with Gasteiger partial charge in [0, 0.05) is 24.9 Å². The molecule has 0 aliphatic carbocycles. The summed E-state index contributed by atoms with van der Waals surface area (Å²) in [6.07, 6.45) is 4.49. The van der Waals surface area contributed by atoms with E-state index in [4.69, 9.17) is 0 Å². The number of para-hydroxylation sites is 1. The van der Waals surface area contributed by atoms with Gasteiger partial charge in [-0.15, -0.1) is 0 Å². The molecule has 6 rings (SSSR count). The van der Waals surface area contributed by atoms with Gasteiger partial charge in [-0.1, -0.05) is 25.1 Å². The molecule has 0 spiro atoms. The van der Waals surface area contributed by atoms with Crippen molar-refractivity contribution in [1.82, 2.24) is 29.1 Å². The zero-order valence-electron chi connectivity index (χ0n) is 17.5. The second kappa shape index (κ2) is 7.00. The summed E-state index contributed by atoms with van der Waals surface area (Å²) >= 11 is 0. The third kappa shape index (κ3) is 2.69. The van der Waals surface area contributed by atoms with E-state index < -0.39 is 11.4 Å². The lowest BCUT2D eigenvalue weighted by Gasteiger charge is -2.47. The van der Waals surface area contributed by atoms with Gasteiger partial charge in [-0.05, 0) is 18.2 Å². The van der Waals surface area contributed by atoms with E-state index in [1.54, 1.807) is 18.3 Å². The van der Waals surface area contributed by atoms with Crippen molar-refractivity contribution in [3.63, 3.8) is 0 Å². The Hall–Kier alpha value is -4.52. The highest BCUT2D eigenvalue weighted by Crippen LogP contribution is 2.43. The molecule has 0 bridgehead atoms. The summed E-state index contributed by atoms with van der Waals surface area (Å²) in [5.41, 5.74) is 1.00. The van der Waals surface area contributed by atoms with Crippen LogP contribution in [0.15, 0.2) is 59.9 Å². The van der Waals surface area contributed by atoms with Crippen LogP contribution in [0.5, 0.6) is 0 Å². The van der Waals surface area contributed by atoms with Gasteiger partial charge in [0.15, 0.2) is 17.2 Å². The quantitative estimate of drug-likeness (QED) is 0.462. The van der Waals surface area contributed by atoms with E-state index in [2.05, 4.69) is 33.0 Å². The van der Waals surface area contributed by atoms with Crippen molar-refractivity contribution in [1.29, 1.82) is 5.26 Å². The second-order valence-electron chi connectivity index (χ2n) is 8.10. The average molecular weight is 440 g/mol. The number of benzene rings is 1. The zero-order valence-corrected chi connectivity index (χ0v) is 17.5. The van der Waals surface area contributed by atoms with E-state index in [0.29, 0.717) is 40.5 Å². The van der Waals surface area contributed by atoms with Crippen LogP contribution < -0.4 is 10.5 Å². The van der Waals surface area contributed by atoms with Crippen molar-refractivity contribution in [3.8, 4) is 11.8 Å². The first-order chi connectivity index (χ1) is 16.1. The van der Waals surface area contributed by atoms with E-state index >= 15 is 0 Å². The van der Waals surface area contributed by atoms with Crippen molar-refractivity contribution in [2.45, 2.75) is 13.0 Å². The molecule has 0 saturated carbocycles. The number of H-pyrrole nitrogens is 1. The summed E-state index contributed by atoms with van der Waals surface area (Å²) in [7, 11) is 0. The van der Waals surface area contributed by atoms with Gasteiger partial charge in [-0.25, -0.2) is 18.9 Å². The number of halogens is 1. The molecule has 2 atom stereocenters. The number of aromatic nitrogens is 6. The van der Waals surface area contributed by atoms with Gasteiger partial charge in [0.05, 0.1) is 22.7 Å². The molecule has 5 aromatic rings. The minimum atomic E-state index is -0.620. The molecule has 1 N–H and O–H groups in total. The number of nitriles is 1. The molecule has 33 heavy (non-hydrogen) atoms. The number of nitrogens with zero attached hydrogens (tertiary/aromatic N) is 7. The van der Waals surface area contributed by atoms with Gasteiger partial charge in [0.2, 0.25) is 0 Å². The molecule has 1 fully saturated rings. The van der Waals surface area contributed by atoms with E-state index in [0.717, 1.165) is 0 Å². The standard InChI is InChI=1S/C23H17FN8O/c1-13-11-30(21-17-14(9-25)10-26-20(17)27-12-28-21)18(13)22-29-31-8-7-16(24)19(31)23(33)32(22)15-5-3-2-4-6-15/h2-8,10,12-13,18H,11H2,1H3,(H,26,27,28)/t13?,18-/m0/s1. The monoisotopic (exact) mass is 440 g/mol. The summed E-state index contributed by atoms with van der Waals surface area (Å²) in [5, 5.41) is 14.9. The Bertz CT molecular complexity index is 1630. The van der Waals surface area contributed by atoms with Crippen LogP contribution in [-0.2, 0) is 0 Å². The number of hydrogen-bond acceptors (Lipinski definition) is 6. The molecule has 9 nitrogen and oxygen atoms in total. The largest absolute Gasteiger partial charge is 0.345 e. The van der Waals surface area contributed by atoms with Gasteiger partial charge in [-0.3, -0.25) is 9.36 Å². The van der Waals surface area contributed by atoms with Crippen molar-refractivity contribution in [2.75, 3.05) is 11.4 Å². The maximum atomic E-state index is 14.4. The molecule has 0 amide bonds. The summed E-state index contributed by atoms with van der Waals surface area (Å²) in [5.74, 6) is 0.562. The minimum Gasteiger partial charge on any atom is -0.345 e. The zero-order chi connectivity index (χ0) is 22.7. The first kappa shape index (κ1) is 19.2. The fraction of sp³-hybridized carbons (Fsp3) is 0.174. The van der Waals surface area contributed by atoms with Gasteiger partial charge in [-0.2, -0.15) is 10.4 Å². The summed E-state index contributed by atoms with van der Waals surface area (Å²) in [6, 6.07) is 12.2. The molecular formula is C23H17FN8O. The van der Waals surface area contributed by atoms with Crippen LogP contribution in [-0.4, -0.2) is 35.7 Å². The highest BCUT2D eigenvalue weighted by molar-refractivity contribution is 5.93. The van der Waals surface area contributed by atoms with Crippen molar-refractivity contribution in [3.05, 3.63) is 82.7 Å². The van der Waals surface area contributed by atoms with Crippen molar-refractivity contribution < 1.29 is 4.39 Å². The predicted molar refractivity (Wildman–Crippen MR) is 119 cm³/mol. The average Bonchev–Trinajstić information content (AvgIpc) is 3.41. The molecule has 1 unspecified atom stereocenters. The summed E-state index contributed by atoms with van der Waals surface area (Å²) in [6.45, 7) is 2.71. The molecule has 4 aromatic heterocycles. The molecule has 1 aliphatic heterocycles. The summed E-state index contributed by atoms with van der Waals surface area (Å²) < 4.78 is 17.2. The van der Waals surface area contributed by atoms with Crippen molar-refractivity contribution in [2.24, 2.45) is 5.92 Å². The maximum Gasteiger partial charge on any atom is 0.285 e. The number of nitrogens with one attached hydrogen (secondary N) is 1. The van der Waals surface area contributed by atoms with E-state index in [9.17, 15) is 14.4 Å². The molecule has 1 saturated heterocycles. The maximum absolute atomic E-state index is 14.4. The fourth-order valence-electron chi connectivity index (χ4n) is 4.62. The molecular weight excluding hydrogens is 423 g/mol. The van der Waals surface area contributed by atoms with Crippen LogP contribution in [0.4, 0.5) is 10.2 Å². The highest BCUT2D eigenvalue weighted by atomic mass is 19.1. The Morgan fingerprint density at radius 2 is 2.03 bits per heavy atom. The van der Waals surface area contributed by atoms with Crippen LogP contribution in [0.2, 0.25) is 0 Å². The molecule has 5 heterocycles. The van der Waals surface area contributed by atoms with Gasteiger partial charge < -0.3 is 9.88 Å². The third-order valence-electron chi connectivity index (χ3n) is 6.14.